The lowest BCUT2D eigenvalue weighted by Crippen LogP contribution is -2.25. The third kappa shape index (κ3) is 2.14. The highest BCUT2D eigenvalue weighted by molar-refractivity contribution is 5.88. The second-order valence-electron chi connectivity index (χ2n) is 4.54. The van der Waals surface area contributed by atoms with Gasteiger partial charge in [-0.2, -0.15) is 0 Å². The van der Waals surface area contributed by atoms with Crippen LogP contribution in [0.25, 0.3) is 0 Å². The van der Waals surface area contributed by atoms with Gasteiger partial charge in [0.1, 0.15) is 11.9 Å². The maximum atomic E-state index is 12.1. The Kier molecular flexibility index (Phi) is 2.66. The van der Waals surface area contributed by atoms with Gasteiger partial charge in [-0.25, -0.2) is 19.6 Å². The number of hydrogen-bond donors (Lipinski definition) is 1. The van der Waals surface area contributed by atoms with Gasteiger partial charge < -0.3 is 5.11 Å². The normalized spacial score (nSPS) is 14.5. The van der Waals surface area contributed by atoms with Crippen LogP contribution in [0, 0.1) is 0 Å². The fourth-order valence-corrected chi connectivity index (χ4v) is 2.00. The first-order chi connectivity index (χ1) is 9.16. The molecule has 0 atom stereocenters. The summed E-state index contributed by atoms with van der Waals surface area (Å²) in [6.45, 7) is 0.142. The lowest BCUT2D eigenvalue weighted by Gasteiger charge is -2.04. The Labute approximate surface area is 108 Å². The van der Waals surface area contributed by atoms with Crippen molar-refractivity contribution in [3.8, 4) is 0 Å². The average Bonchev–Trinajstić information content (AvgIpc) is 3.17. The van der Waals surface area contributed by atoms with Crippen molar-refractivity contribution in [1.82, 2.24) is 19.1 Å². The number of hydrogen-bond acceptors (Lipinski definition) is 4. The fraction of sp³-hybridized carbons (Fsp3) is 0.333. The quantitative estimate of drug-likeness (QED) is 0.865. The standard InChI is InChI=1S/C12H12N4O3/c17-11(18)9-5-13-7-14-10(9)6-15-3-4-16(12(15)19)8-1-2-8/h3-5,7-8H,1-2,6H2,(H,17,18). The topological polar surface area (TPSA) is 90.0 Å². The van der Waals surface area contributed by atoms with E-state index >= 15 is 0 Å². The van der Waals surface area contributed by atoms with Crippen molar-refractivity contribution in [1.29, 1.82) is 0 Å². The summed E-state index contributed by atoms with van der Waals surface area (Å²) in [6, 6.07) is 0.304. The van der Waals surface area contributed by atoms with E-state index in [1.54, 1.807) is 17.0 Å². The Bertz CT molecular complexity index is 684. The average molecular weight is 260 g/mol. The highest BCUT2D eigenvalue weighted by Gasteiger charge is 2.25. The molecule has 0 aromatic carbocycles. The number of rotatable bonds is 4. The maximum Gasteiger partial charge on any atom is 0.339 e. The summed E-state index contributed by atoms with van der Waals surface area (Å²) in [5.74, 6) is -1.09. The Morgan fingerprint density at radius 3 is 2.89 bits per heavy atom. The van der Waals surface area contributed by atoms with Crippen molar-refractivity contribution in [2.75, 3.05) is 0 Å². The van der Waals surface area contributed by atoms with Crippen LogP contribution in [0.2, 0.25) is 0 Å². The highest BCUT2D eigenvalue weighted by Crippen LogP contribution is 2.33. The summed E-state index contributed by atoms with van der Waals surface area (Å²) in [5.41, 5.74) is 0.226. The Hall–Kier alpha value is -2.44. The third-order valence-electron chi connectivity index (χ3n) is 3.16. The molecule has 2 heterocycles. The van der Waals surface area contributed by atoms with E-state index in [0.29, 0.717) is 11.7 Å². The maximum absolute atomic E-state index is 12.1. The minimum atomic E-state index is -1.09. The van der Waals surface area contributed by atoms with E-state index < -0.39 is 5.97 Å². The number of carbonyl (C=O) groups is 1. The van der Waals surface area contributed by atoms with E-state index in [1.807, 2.05) is 0 Å². The molecule has 1 saturated carbocycles. The zero-order valence-electron chi connectivity index (χ0n) is 10.1. The summed E-state index contributed by atoms with van der Waals surface area (Å²) >= 11 is 0. The number of carboxylic acids is 1. The SMILES string of the molecule is O=C(O)c1cncnc1Cn1ccn(C2CC2)c1=O. The van der Waals surface area contributed by atoms with Gasteiger partial charge in [0.2, 0.25) is 0 Å². The second kappa shape index (κ2) is 4.34. The van der Waals surface area contributed by atoms with Crippen molar-refractivity contribution in [2.45, 2.75) is 25.4 Å². The Morgan fingerprint density at radius 1 is 1.42 bits per heavy atom. The predicted molar refractivity (Wildman–Crippen MR) is 65.1 cm³/mol. The van der Waals surface area contributed by atoms with E-state index in [9.17, 15) is 9.59 Å². The van der Waals surface area contributed by atoms with Crippen LogP contribution in [0.1, 0.15) is 34.9 Å². The molecule has 7 heteroatoms. The number of nitrogens with zero attached hydrogens (tertiary/aromatic N) is 4. The summed E-state index contributed by atoms with van der Waals surface area (Å²) in [5, 5.41) is 9.04. The van der Waals surface area contributed by atoms with Crippen LogP contribution in [0.5, 0.6) is 0 Å². The third-order valence-corrected chi connectivity index (χ3v) is 3.16. The van der Waals surface area contributed by atoms with E-state index in [4.69, 9.17) is 5.11 Å². The second-order valence-corrected chi connectivity index (χ2v) is 4.54. The first-order valence-corrected chi connectivity index (χ1v) is 5.96. The molecule has 1 aliphatic carbocycles. The molecule has 3 rings (SSSR count). The van der Waals surface area contributed by atoms with Gasteiger partial charge >= 0.3 is 11.7 Å². The lowest BCUT2D eigenvalue weighted by molar-refractivity contribution is 0.0694. The molecule has 0 aliphatic heterocycles. The van der Waals surface area contributed by atoms with Crippen molar-refractivity contribution < 1.29 is 9.90 Å². The van der Waals surface area contributed by atoms with Crippen molar-refractivity contribution in [2.24, 2.45) is 0 Å². The largest absolute Gasteiger partial charge is 0.478 e. The van der Waals surface area contributed by atoms with Gasteiger partial charge in [0.05, 0.1) is 12.2 Å². The van der Waals surface area contributed by atoms with Crippen LogP contribution >= 0.6 is 0 Å². The van der Waals surface area contributed by atoms with Gasteiger partial charge in [-0.3, -0.25) is 9.13 Å². The van der Waals surface area contributed by atoms with Gasteiger partial charge in [0, 0.05) is 24.6 Å². The zero-order chi connectivity index (χ0) is 13.4. The molecule has 0 bridgehead atoms. The molecule has 2 aromatic rings. The number of carboxylic acid groups (broad SMARTS) is 1. The monoisotopic (exact) mass is 260 g/mol. The summed E-state index contributed by atoms with van der Waals surface area (Å²) in [4.78, 5) is 30.8. The zero-order valence-corrected chi connectivity index (χ0v) is 10.1. The molecule has 0 unspecified atom stereocenters. The molecule has 0 saturated heterocycles. The number of aromatic carboxylic acids is 1. The Balaban J connectivity index is 1.93. The Morgan fingerprint density at radius 2 is 2.21 bits per heavy atom. The molecule has 2 aromatic heterocycles. The molecule has 0 spiro atoms. The lowest BCUT2D eigenvalue weighted by atomic mass is 10.2. The molecule has 1 N–H and O–H groups in total. The minimum Gasteiger partial charge on any atom is -0.478 e. The molecular formula is C12H12N4O3. The van der Waals surface area contributed by atoms with Gasteiger partial charge in [0.25, 0.3) is 0 Å². The van der Waals surface area contributed by atoms with Gasteiger partial charge in [0.15, 0.2) is 0 Å². The van der Waals surface area contributed by atoms with Crippen molar-refractivity contribution in [3.05, 3.63) is 46.7 Å². The van der Waals surface area contributed by atoms with Crippen LogP contribution in [0.4, 0.5) is 0 Å². The van der Waals surface area contributed by atoms with Crippen LogP contribution in [-0.4, -0.2) is 30.2 Å². The van der Waals surface area contributed by atoms with E-state index in [0.717, 1.165) is 12.8 Å². The van der Waals surface area contributed by atoms with Crippen LogP contribution in [-0.2, 0) is 6.54 Å². The van der Waals surface area contributed by atoms with Gasteiger partial charge in [-0.05, 0) is 12.8 Å². The number of aromatic nitrogens is 4. The fourth-order valence-electron chi connectivity index (χ4n) is 2.00. The van der Waals surface area contributed by atoms with E-state index in [1.165, 1.54) is 17.1 Å². The smallest absolute Gasteiger partial charge is 0.339 e. The first-order valence-electron chi connectivity index (χ1n) is 5.96. The van der Waals surface area contributed by atoms with E-state index in [-0.39, 0.29) is 17.8 Å². The summed E-state index contributed by atoms with van der Waals surface area (Å²) in [7, 11) is 0. The molecule has 98 valence electrons. The van der Waals surface area contributed by atoms with Gasteiger partial charge in [-0.1, -0.05) is 0 Å². The van der Waals surface area contributed by atoms with Crippen molar-refractivity contribution in [3.63, 3.8) is 0 Å². The molecular weight excluding hydrogens is 248 g/mol. The van der Waals surface area contributed by atoms with Crippen LogP contribution in [0.15, 0.2) is 29.7 Å². The van der Waals surface area contributed by atoms with Crippen molar-refractivity contribution >= 4 is 5.97 Å². The highest BCUT2D eigenvalue weighted by atomic mass is 16.4. The number of imidazole rings is 1. The summed E-state index contributed by atoms with van der Waals surface area (Å²) < 4.78 is 3.15. The summed E-state index contributed by atoms with van der Waals surface area (Å²) in [6.07, 6.45) is 7.98. The molecule has 7 nitrogen and oxygen atoms in total. The molecule has 19 heavy (non-hydrogen) atoms. The van der Waals surface area contributed by atoms with Gasteiger partial charge in [-0.15, -0.1) is 0 Å². The first kappa shape index (κ1) is 11.6. The molecule has 0 radical (unpaired) electrons. The predicted octanol–water partition coefficient (Wildman–Crippen LogP) is 0.521. The van der Waals surface area contributed by atoms with E-state index in [2.05, 4.69) is 9.97 Å². The molecule has 0 amide bonds. The molecule has 1 fully saturated rings. The minimum absolute atomic E-state index is 0.0218. The van der Waals surface area contributed by atoms with Crippen LogP contribution in [0.3, 0.4) is 0 Å². The molecule has 1 aliphatic rings. The van der Waals surface area contributed by atoms with Crippen LogP contribution < -0.4 is 5.69 Å².